The van der Waals surface area contributed by atoms with Gasteiger partial charge in [0.25, 0.3) is 0 Å². The maximum Gasteiger partial charge on any atom is 0.417 e. The Bertz CT molecular complexity index is 433. The molecular weight excluding hydrogens is 249 g/mol. The standard InChI is InChI=1S/C11H13F3N2O2/c1-17-4-5-18-7-2-3-8(10(15)16)9(6-7)11(12,13)14/h2-3,6H,4-5H2,1H3,(H3,15,16). The van der Waals surface area contributed by atoms with E-state index in [1.807, 2.05) is 0 Å². The minimum absolute atomic E-state index is 0.0596. The van der Waals surface area contributed by atoms with E-state index in [9.17, 15) is 13.2 Å². The number of halogens is 3. The molecule has 0 atom stereocenters. The summed E-state index contributed by atoms with van der Waals surface area (Å²) < 4.78 is 48.0. The average molecular weight is 262 g/mol. The second kappa shape index (κ2) is 5.72. The molecular formula is C11H13F3N2O2. The van der Waals surface area contributed by atoms with Gasteiger partial charge in [-0.15, -0.1) is 0 Å². The summed E-state index contributed by atoms with van der Waals surface area (Å²) in [5, 5.41) is 7.11. The molecule has 0 saturated carbocycles. The zero-order valence-corrected chi connectivity index (χ0v) is 9.67. The molecule has 18 heavy (non-hydrogen) atoms. The SMILES string of the molecule is COCCOc1ccc(C(=N)N)c(C(F)(F)F)c1. The van der Waals surface area contributed by atoms with Gasteiger partial charge in [0.1, 0.15) is 18.2 Å². The number of rotatable bonds is 5. The Balaban J connectivity index is 3.02. The van der Waals surface area contributed by atoms with Crippen LogP contribution >= 0.6 is 0 Å². The van der Waals surface area contributed by atoms with Crippen LogP contribution in [0.3, 0.4) is 0 Å². The smallest absolute Gasteiger partial charge is 0.417 e. The van der Waals surface area contributed by atoms with Gasteiger partial charge >= 0.3 is 6.18 Å². The number of benzene rings is 1. The Morgan fingerprint density at radius 2 is 2.00 bits per heavy atom. The van der Waals surface area contributed by atoms with Crippen molar-refractivity contribution in [2.45, 2.75) is 6.18 Å². The molecule has 100 valence electrons. The summed E-state index contributed by atoms with van der Waals surface area (Å²) in [6, 6.07) is 3.28. The summed E-state index contributed by atoms with van der Waals surface area (Å²) in [5.74, 6) is -0.574. The van der Waals surface area contributed by atoms with E-state index < -0.39 is 17.6 Å². The van der Waals surface area contributed by atoms with Gasteiger partial charge in [0.2, 0.25) is 0 Å². The van der Waals surface area contributed by atoms with E-state index in [-0.39, 0.29) is 24.5 Å². The average Bonchev–Trinajstić information content (AvgIpc) is 2.28. The first-order valence-corrected chi connectivity index (χ1v) is 5.03. The maximum absolute atomic E-state index is 12.7. The van der Waals surface area contributed by atoms with E-state index in [0.29, 0.717) is 0 Å². The highest BCUT2D eigenvalue weighted by atomic mass is 19.4. The predicted molar refractivity (Wildman–Crippen MR) is 59.8 cm³/mol. The molecule has 3 N–H and O–H groups in total. The monoisotopic (exact) mass is 262 g/mol. The van der Waals surface area contributed by atoms with Gasteiger partial charge in [0.15, 0.2) is 0 Å². The van der Waals surface area contributed by atoms with E-state index in [4.69, 9.17) is 20.6 Å². The molecule has 0 aromatic heterocycles. The minimum Gasteiger partial charge on any atom is -0.491 e. The summed E-state index contributed by atoms with van der Waals surface area (Å²) in [6.45, 7) is 0.420. The lowest BCUT2D eigenvalue weighted by Gasteiger charge is -2.14. The molecule has 0 unspecified atom stereocenters. The topological polar surface area (TPSA) is 68.3 Å². The van der Waals surface area contributed by atoms with Gasteiger partial charge in [-0.25, -0.2) is 0 Å². The second-order valence-corrected chi connectivity index (χ2v) is 3.46. The van der Waals surface area contributed by atoms with Gasteiger partial charge in [0, 0.05) is 12.7 Å². The molecule has 0 radical (unpaired) electrons. The molecule has 0 aliphatic carbocycles. The van der Waals surface area contributed by atoms with E-state index >= 15 is 0 Å². The molecule has 0 amide bonds. The molecule has 4 nitrogen and oxygen atoms in total. The molecule has 0 aliphatic heterocycles. The van der Waals surface area contributed by atoms with Crippen LogP contribution in [-0.4, -0.2) is 26.2 Å². The minimum atomic E-state index is -4.58. The van der Waals surface area contributed by atoms with Crippen LogP contribution in [0.1, 0.15) is 11.1 Å². The Kier molecular flexibility index (Phi) is 4.55. The fraction of sp³-hybridized carbons (Fsp3) is 0.364. The number of ether oxygens (including phenoxy) is 2. The lowest BCUT2D eigenvalue weighted by molar-refractivity contribution is -0.137. The largest absolute Gasteiger partial charge is 0.491 e. The van der Waals surface area contributed by atoms with Crippen molar-refractivity contribution in [1.29, 1.82) is 5.41 Å². The Morgan fingerprint density at radius 1 is 1.33 bits per heavy atom. The van der Waals surface area contributed by atoms with Gasteiger partial charge in [-0.1, -0.05) is 0 Å². The number of methoxy groups -OCH3 is 1. The number of nitrogens with one attached hydrogen (secondary N) is 1. The number of amidine groups is 1. The molecule has 7 heteroatoms. The van der Waals surface area contributed by atoms with Crippen LogP contribution in [0.25, 0.3) is 0 Å². The number of hydrogen-bond acceptors (Lipinski definition) is 3. The number of nitrogens with two attached hydrogens (primary N) is 1. The number of hydrogen-bond donors (Lipinski definition) is 2. The third-order valence-corrected chi connectivity index (χ3v) is 2.14. The Hall–Kier alpha value is -1.76. The van der Waals surface area contributed by atoms with E-state index in [1.54, 1.807) is 0 Å². The van der Waals surface area contributed by atoms with Gasteiger partial charge in [0.05, 0.1) is 12.2 Å². The van der Waals surface area contributed by atoms with Crippen LogP contribution in [0.2, 0.25) is 0 Å². The van der Waals surface area contributed by atoms with Gasteiger partial charge in [-0.2, -0.15) is 13.2 Å². The van der Waals surface area contributed by atoms with Crippen LogP contribution in [0, 0.1) is 5.41 Å². The summed E-state index contributed by atoms with van der Waals surface area (Å²) in [6.07, 6.45) is -4.58. The fourth-order valence-electron chi connectivity index (χ4n) is 1.33. The van der Waals surface area contributed by atoms with Crippen molar-refractivity contribution in [2.24, 2.45) is 5.73 Å². The molecule has 1 rings (SSSR count). The van der Waals surface area contributed by atoms with E-state index in [1.165, 1.54) is 13.2 Å². The van der Waals surface area contributed by atoms with Crippen LogP contribution in [-0.2, 0) is 10.9 Å². The zero-order chi connectivity index (χ0) is 13.8. The van der Waals surface area contributed by atoms with Crippen LogP contribution in [0.5, 0.6) is 5.75 Å². The van der Waals surface area contributed by atoms with E-state index in [0.717, 1.165) is 12.1 Å². The molecule has 1 aromatic carbocycles. The summed E-state index contributed by atoms with van der Waals surface area (Å²) >= 11 is 0. The van der Waals surface area contributed by atoms with Crippen LogP contribution in [0.4, 0.5) is 13.2 Å². The molecule has 0 heterocycles. The highest BCUT2D eigenvalue weighted by Crippen LogP contribution is 2.34. The molecule has 1 aromatic rings. The predicted octanol–water partition coefficient (Wildman–Crippen LogP) is 2.01. The highest BCUT2D eigenvalue weighted by Gasteiger charge is 2.34. The first-order chi connectivity index (χ1) is 8.36. The molecule has 0 spiro atoms. The quantitative estimate of drug-likeness (QED) is 0.484. The first kappa shape index (κ1) is 14.3. The van der Waals surface area contributed by atoms with Crippen molar-refractivity contribution in [2.75, 3.05) is 20.3 Å². The third-order valence-electron chi connectivity index (χ3n) is 2.14. The molecule has 0 saturated heterocycles. The van der Waals surface area contributed by atoms with Crippen molar-refractivity contribution < 1.29 is 22.6 Å². The molecule has 0 bridgehead atoms. The van der Waals surface area contributed by atoms with Gasteiger partial charge in [-0.3, -0.25) is 5.41 Å². The van der Waals surface area contributed by atoms with Gasteiger partial charge in [-0.05, 0) is 18.2 Å². The normalized spacial score (nSPS) is 11.3. The molecule has 0 aliphatic rings. The fourth-order valence-corrected chi connectivity index (χ4v) is 1.33. The lowest BCUT2D eigenvalue weighted by atomic mass is 10.1. The summed E-state index contributed by atoms with van der Waals surface area (Å²) in [4.78, 5) is 0. The Labute approximate surface area is 102 Å². The van der Waals surface area contributed by atoms with Gasteiger partial charge < -0.3 is 15.2 Å². The van der Waals surface area contributed by atoms with Crippen molar-refractivity contribution >= 4 is 5.84 Å². The number of alkyl halides is 3. The zero-order valence-electron chi connectivity index (χ0n) is 9.67. The number of nitrogen functional groups attached to an aromatic ring is 1. The van der Waals surface area contributed by atoms with Crippen molar-refractivity contribution in [3.63, 3.8) is 0 Å². The van der Waals surface area contributed by atoms with Crippen LogP contribution < -0.4 is 10.5 Å². The summed E-state index contributed by atoms with van der Waals surface area (Å²) in [5.41, 5.74) is 3.76. The lowest BCUT2D eigenvalue weighted by Crippen LogP contribution is -2.19. The molecule has 0 fully saturated rings. The maximum atomic E-state index is 12.7. The first-order valence-electron chi connectivity index (χ1n) is 5.03. The van der Waals surface area contributed by atoms with E-state index in [2.05, 4.69) is 0 Å². The van der Waals surface area contributed by atoms with Crippen molar-refractivity contribution in [3.05, 3.63) is 29.3 Å². The van der Waals surface area contributed by atoms with Crippen molar-refractivity contribution in [3.8, 4) is 5.75 Å². The summed E-state index contributed by atoms with van der Waals surface area (Å²) in [7, 11) is 1.46. The van der Waals surface area contributed by atoms with Crippen molar-refractivity contribution in [1.82, 2.24) is 0 Å². The Morgan fingerprint density at radius 3 is 2.50 bits per heavy atom. The van der Waals surface area contributed by atoms with Crippen LogP contribution in [0.15, 0.2) is 18.2 Å². The second-order valence-electron chi connectivity index (χ2n) is 3.46. The third kappa shape index (κ3) is 3.63. The highest BCUT2D eigenvalue weighted by molar-refractivity contribution is 5.96.